The Morgan fingerprint density at radius 3 is 2.54 bits per heavy atom. The van der Waals surface area contributed by atoms with E-state index in [0.717, 1.165) is 75.9 Å². The summed E-state index contributed by atoms with van der Waals surface area (Å²) in [5.74, 6) is 0.913. The largest absolute Gasteiger partial charge is 0.342 e. The summed E-state index contributed by atoms with van der Waals surface area (Å²) in [6.07, 6.45) is 9.42. The minimum Gasteiger partial charge on any atom is -0.342 e. The Morgan fingerprint density at radius 2 is 1.88 bits per heavy atom. The lowest BCUT2D eigenvalue weighted by molar-refractivity contribution is -0.132. The summed E-state index contributed by atoms with van der Waals surface area (Å²) in [4.78, 5) is 18.8. The van der Waals surface area contributed by atoms with Gasteiger partial charge in [0.2, 0.25) is 15.9 Å². The van der Waals surface area contributed by atoms with E-state index in [4.69, 9.17) is 0 Å². The Morgan fingerprint density at radius 1 is 1.17 bits per heavy atom. The predicted octanol–water partition coefficient (Wildman–Crippen LogP) is 0.993. The van der Waals surface area contributed by atoms with Gasteiger partial charge in [-0.2, -0.15) is 4.31 Å². The first-order chi connectivity index (χ1) is 11.4. The topological polar surface area (TPSA) is 75.5 Å². The Labute approximate surface area is 143 Å². The second-order valence-corrected chi connectivity index (χ2v) is 8.75. The molecule has 1 fully saturated rings. The molecule has 1 saturated heterocycles. The van der Waals surface area contributed by atoms with Gasteiger partial charge in [0.15, 0.2) is 0 Å². The minimum absolute atomic E-state index is 0.0962. The predicted molar refractivity (Wildman–Crippen MR) is 90.8 cm³/mol. The Balaban J connectivity index is 1.70. The smallest absolute Gasteiger partial charge is 0.237 e. The fraction of sp³-hybridized carbons (Fsp3) is 0.750. The number of carbonyl (C=O) groups is 1. The van der Waals surface area contributed by atoms with Crippen molar-refractivity contribution in [1.29, 1.82) is 0 Å². The zero-order chi connectivity index (χ0) is 17.2. The lowest BCUT2D eigenvalue weighted by Crippen LogP contribution is -2.44. The number of amides is 1. The zero-order valence-electron chi connectivity index (χ0n) is 14.3. The van der Waals surface area contributed by atoms with Gasteiger partial charge in [0.1, 0.15) is 5.82 Å². The lowest BCUT2D eigenvalue weighted by Gasteiger charge is -2.29. The molecule has 2 aliphatic rings. The van der Waals surface area contributed by atoms with Crippen molar-refractivity contribution in [3.05, 3.63) is 17.7 Å². The Bertz CT molecular complexity index is 669. The molecule has 1 aromatic heterocycles. The normalized spacial score (nSPS) is 18.7. The van der Waals surface area contributed by atoms with Crippen LogP contribution < -0.4 is 0 Å². The Kier molecular flexibility index (Phi) is 5.24. The van der Waals surface area contributed by atoms with Crippen molar-refractivity contribution < 1.29 is 13.2 Å². The summed E-state index contributed by atoms with van der Waals surface area (Å²) >= 11 is 0. The average Bonchev–Trinajstić information content (AvgIpc) is 2.96. The van der Waals surface area contributed by atoms with Gasteiger partial charge in [-0.3, -0.25) is 4.79 Å². The van der Waals surface area contributed by atoms with Gasteiger partial charge in [0.25, 0.3) is 0 Å². The van der Waals surface area contributed by atoms with E-state index in [-0.39, 0.29) is 19.0 Å². The number of sulfonamides is 1. The van der Waals surface area contributed by atoms with Crippen molar-refractivity contribution >= 4 is 15.9 Å². The first-order valence-corrected chi connectivity index (χ1v) is 10.6. The first kappa shape index (κ1) is 17.4. The van der Waals surface area contributed by atoms with Crippen LogP contribution in [-0.4, -0.2) is 59.0 Å². The molecule has 1 amide bonds. The highest BCUT2D eigenvalue weighted by Crippen LogP contribution is 2.17. The van der Waals surface area contributed by atoms with Gasteiger partial charge >= 0.3 is 0 Å². The van der Waals surface area contributed by atoms with E-state index in [9.17, 15) is 13.2 Å². The number of imidazole rings is 1. The molecule has 0 spiro atoms. The van der Waals surface area contributed by atoms with Crippen LogP contribution in [0.25, 0.3) is 0 Å². The lowest BCUT2D eigenvalue weighted by atomic mass is 10.1. The number of aryl methyl sites for hydroxylation is 2. The van der Waals surface area contributed by atoms with Gasteiger partial charge in [-0.05, 0) is 32.1 Å². The number of aromatic nitrogens is 2. The molecule has 7 nitrogen and oxygen atoms in total. The summed E-state index contributed by atoms with van der Waals surface area (Å²) in [5.41, 5.74) is 0.726. The van der Waals surface area contributed by atoms with Gasteiger partial charge in [0, 0.05) is 32.3 Å². The third-order valence-electron chi connectivity index (χ3n) is 4.79. The van der Waals surface area contributed by atoms with Gasteiger partial charge < -0.3 is 9.47 Å². The maximum Gasteiger partial charge on any atom is 0.237 e. The molecule has 0 saturated carbocycles. The van der Waals surface area contributed by atoms with E-state index in [1.54, 1.807) is 4.90 Å². The molecule has 1 aromatic rings. The van der Waals surface area contributed by atoms with Gasteiger partial charge in [0.05, 0.1) is 25.0 Å². The average molecular weight is 354 g/mol. The van der Waals surface area contributed by atoms with Crippen LogP contribution in [0.2, 0.25) is 0 Å². The van der Waals surface area contributed by atoms with Gasteiger partial charge in [-0.15, -0.1) is 0 Å². The fourth-order valence-electron chi connectivity index (χ4n) is 3.41. The number of piperidine rings is 1. The second-order valence-electron chi connectivity index (χ2n) is 6.77. The quantitative estimate of drug-likeness (QED) is 0.790. The highest BCUT2D eigenvalue weighted by molar-refractivity contribution is 7.88. The van der Waals surface area contributed by atoms with Crippen LogP contribution in [0.5, 0.6) is 0 Å². The summed E-state index contributed by atoms with van der Waals surface area (Å²) in [5, 5.41) is 0. The maximum absolute atomic E-state index is 12.4. The molecule has 24 heavy (non-hydrogen) atoms. The molecule has 0 radical (unpaired) electrons. The van der Waals surface area contributed by atoms with Crippen LogP contribution in [-0.2, 0) is 34.3 Å². The first-order valence-electron chi connectivity index (χ1n) is 8.71. The maximum atomic E-state index is 12.4. The fourth-order valence-corrected chi connectivity index (χ4v) is 4.12. The van der Waals surface area contributed by atoms with Crippen molar-refractivity contribution in [2.45, 2.75) is 51.6 Å². The standard InChI is InChI=1S/C16H26N4O3S/c1-24(22,23)20(13-16(21)18-8-4-2-5-9-18)12-14-11-19-10-6-3-7-15(19)17-14/h11H,2-10,12-13H2,1H3. The number of hydrogen-bond donors (Lipinski definition) is 0. The van der Waals surface area contributed by atoms with E-state index < -0.39 is 10.0 Å². The molecule has 2 aliphatic heterocycles. The highest BCUT2D eigenvalue weighted by atomic mass is 32.2. The van der Waals surface area contributed by atoms with Crippen LogP contribution in [0.4, 0.5) is 0 Å². The van der Waals surface area contributed by atoms with Crippen LogP contribution >= 0.6 is 0 Å². The molecule has 0 aliphatic carbocycles. The third-order valence-corrected chi connectivity index (χ3v) is 5.98. The van der Waals surface area contributed by atoms with Crippen molar-refractivity contribution in [3.8, 4) is 0 Å². The van der Waals surface area contributed by atoms with Crippen molar-refractivity contribution in [2.24, 2.45) is 0 Å². The number of fused-ring (bicyclic) bond motifs is 1. The molecular weight excluding hydrogens is 328 g/mol. The van der Waals surface area contributed by atoms with E-state index in [1.807, 2.05) is 6.20 Å². The van der Waals surface area contributed by atoms with Crippen molar-refractivity contribution in [3.63, 3.8) is 0 Å². The summed E-state index contributed by atoms with van der Waals surface area (Å²) < 4.78 is 27.6. The second kappa shape index (κ2) is 7.23. The minimum atomic E-state index is -3.46. The Hall–Kier alpha value is -1.41. The molecule has 0 atom stereocenters. The van der Waals surface area contributed by atoms with Gasteiger partial charge in [-0.1, -0.05) is 0 Å². The number of hydrogen-bond acceptors (Lipinski definition) is 4. The summed E-state index contributed by atoms with van der Waals surface area (Å²) in [6.45, 7) is 2.47. The molecule has 0 aromatic carbocycles. The molecule has 0 bridgehead atoms. The SMILES string of the molecule is CS(=O)(=O)N(CC(=O)N1CCCCC1)Cc1cn2c(n1)CCCC2. The van der Waals surface area contributed by atoms with Crippen LogP contribution in [0.3, 0.4) is 0 Å². The van der Waals surface area contributed by atoms with Crippen LogP contribution in [0.1, 0.15) is 43.6 Å². The number of likely N-dealkylation sites (tertiary alicyclic amines) is 1. The monoisotopic (exact) mass is 354 g/mol. The van der Waals surface area contributed by atoms with E-state index in [2.05, 4.69) is 9.55 Å². The van der Waals surface area contributed by atoms with E-state index >= 15 is 0 Å². The molecule has 3 heterocycles. The van der Waals surface area contributed by atoms with Crippen molar-refractivity contribution in [2.75, 3.05) is 25.9 Å². The highest BCUT2D eigenvalue weighted by Gasteiger charge is 2.26. The molecule has 0 unspecified atom stereocenters. The summed E-state index contributed by atoms with van der Waals surface area (Å²) in [7, 11) is -3.46. The van der Waals surface area contributed by atoms with Crippen LogP contribution in [0, 0.1) is 0 Å². The molecule has 0 N–H and O–H groups in total. The molecular formula is C16H26N4O3S. The number of nitrogens with zero attached hydrogens (tertiary/aromatic N) is 4. The molecule has 134 valence electrons. The van der Waals surface area contributed by atoms with Gasteiger partial charge in [-0.25, -0.2) is 13.4 Å². The number of rotatable bonds is 5. The van der Waals surface area contributed by atoms with E-state index in [1.165, 1.54) is 4.31 Å². The van der Waals surface area contributed by atoms with Crippen LogP contribution in [0.15, 0.2) is 6.20 Å². The number of carbonyl (C=O) groups excluding carboxylic acids is 1. The zero-order valence-corrected chi connectivity index (χ0v) is 15.1. The summed E-state index contributed by atoms with van der Waals surface area (Å²) in [6, 6.07) is 0. The molecule has 3 rings (SSSR count). The molecule has 8 heteroatoms. The van der Waals surface area contributed by atoms with Crippen molar-refractivity contribution in [1.82, 2.24) is 18.8 Å². The third kappa shape index (κ3) is 4.16. The van der Waals surface area contributed by atoms with E-state index in [0.29, 0.717) is 0 Å².